The van der Waals surface area contributed by atoms with E-state index in [1.54, 1.807) is 0 Å². The van der Waals surface area contributed by atoms with Crippen LogP contribution in [0.5, 0.6) is 0 Å². The van der Waals surface area contributed by atoms with E-state index in [-0.39, 0.29) is 11.9 Å². The van der Waals surface area contributed by atoms with Crippen molar-refractivity contribution in [3.63, 3.8) is 0 Å². The summed E-state index contributed by atoms with van der Waals surface area (Å²) in [5.74, 6) is 1.05. The van der Waals surface area contributed by atoms with Crippen LogP contribution in [0.25, 0.3) is 11.3 Å². The van der Waals surface area contributed by atoms with Crippen molar-refractivity contribution in [2.45, 2.75) is 45.6 Å². The molecule has 126 valence electrons. The molecule has 3 rings (SSSR count). The van der Waals surface area contributed by atoms with Gasteiger partial charge >= 0.3 is 0 Å². The van der Waals surface area contributed by atoms with Crippen LogP contribution in [0, 0.1) is 0 Å². The van der Waals surface area contributed by atoms with E-state index in [0.29, 0.717) is 0 Å². The Kier molecular flexibility index (Phi) is 5.14. The molecule has 1 aromatic carbocycles. The van der Waals surface area contributed by atoms with Gasteiger partial charge in [0.1, 0.15) is 5.82 Å². The minimum Gasteiger partial charge on any atom is -0.340 e. The van der Waals surface area contributed by atoms with Gasteiger partial charge in [-0.15, -0.1) is 0 Å². The van der Waals surface area contributed by atoms with Gasteiger partial charge < -0.3 is 9.88 Å². The zero-order valence-electron chi connectivity index (χ0n) is 14.5. The van der Waals surface area contributed by atoms with Crippen LogP contribution in [0.3, 0.4) is 0 Å². The van der Waals surface area contributed by atoms with Crippen molar-refractivity contribution in [1.82, 2.24) is 14.9 Å². The molecule has 0 aliphatic carbocycles. The van der Waals surface area contributed by atoms with Crippen molar-refractivity contribution in [3.8, 4) is 11.3 Å². The Hall–Kier alpha value is -2.36. The molecule has 1 atom stereocenters. The summed E-state index contributed by atoms with van der Waals surface area (Å²) < 4.78 is 0. The van der Waals surface area contributed by atoms with Gasteiger partial charge in [-0.2, -0.15) is 0 Å². The van der Waals surface area contributed by atoms with Gasteiger partial charge in [-0.1, -0.05) is 43.3 Å². The molecule has 24 heavy (non-hydrogen) atoms. The minimum absolute atomic E-state index is 0.0465. The first-order chi connectivity index (χ1) is 11.7. The number of likely N-dealkylation sites (tertiary alicyclic amines) is 1. The number of allylic oxidation sites excluding steroid dienone is 1. The third kappa shape index (κ3) is 3.28. The Morgan fingerprint density at radius 2 is 2.12 bits per heavy atom. The van der Waals surface area contributed by atoms with Gasteiger partial charge in [-0.05, 0) is 38.2 Å². The second-order valence-electron chi connectivity index (χ2n) is 6.23. The summed E-state index contributed by atoms with van der Waals surface area (Å²) in [6.45, 7) is 4.78. The number of piperidine rings is 1. The fourth-order valence-corrected chi connectivity index (χ4v) is 3.39. The van der Waals surface area contributed by atoms with Crippen molar-refractivity contribution >= 4 is 5.91 Å². The highest BCUT2D eigenvalue weighted by Crippen LogP contribution is 2.32. The largest absolute Gasteiger partial charge is 0.340 e. The molecule has 4 nitrogen and oxygen atoms in total. The molecule has 1 N–H and O–H groups in total. The van der Waals surface area contributed by atoms with Crippen molar-refractivity contribution < 1.29 is 4.79 Å². The lowest BCUT2D eigenvalue weighted by molar-refractivity contribution is -0.131. The van der Waals surface area contributed by atoms with Crippen LogP contribution >= 0.6 is 0 Å². The standard InChI is InChI=1S/C20H25N3O/c1-3-15(4-2)20(24)23-13-9-8-12-18(23)19-21-14-17(22-19)16-10-6-5-7-11-16/h3,5-7,10-11,14,18H,4,8-9,12-13H2,1-2H3,(H,21,22). The predicted molar refractivity (Wildman–Crippen MR) is 96.4 cm³/mol. The first kappa shape index (κ1) is 16.5. The molecule has 2 aromatic rings. The number of hydrogen-bond donors (Lipinski definition) is 1. The number of aromatic nitrogens is 2. The maximum Gasteiger partial charge on any atom is 0.250 e. The minimum atomic E-state index is 0.0465. The van der Waals surface area contributed by atoms with Crippen molar-refractivity contribution in [2.75, 3.05) is 6.54 Å². The number of H-pyrrole nitrogens is 1. The Bertz CT molecular complexity index is 717. The molecule has 0 spiro atoms. The average Bonchev–Trinajstić information content (AvgIpc) is 3.13. The summed E-state index contributed by atoms with van der Waals surface area (Å²) in [6.07, 6.45) is 7.74. The second-order valence-corrected chi connectivity index (χ2v) is 6.23. The molecule has 4 heteroatoms. The number of amides is 1. The third-order valence-corrected chi connectivity index (χ3v) is 4.76. The second kappa shape index (κ2) is 7.47. The highest BCUT2D eigenvalue weighted by Gasteiger charge is 2.30. The SMILES string of the molecule is CC=C(CC)C(=O)N1CCCCC1c1ncc(-c2ccccc2)[nH]1. The summed E-state index contributed by atoms with van der Waals surface area (Å²) in [7, 11) is 0. The van der Waals surface area contributed by atoms with E-state index in [2.05, 4.69) is 22.1 Å². The number of benzene rings is 1. The summed E-state index contributed by atoms with van der Waals surface area (Å²) in [5.41, 5.74) is 3.01. The summed E-state index contributed by atoms with van der Waals surface area (Å²) in [5, 5.41) is 0. The smallest absolute Gasteiger partial charge is 0.250 e. The van der Waals surface area contributed by atoms with Gasteiger partial charge in [0.15, 0.2) is 0 Å². The summed E-state index contributed by atoms with van der Waals surface area (Å²) >= 11 is 0. The fourth-order valence-electron chi connectivity index (χ4n) is 3.39. The molecule has 0 saturated carbocycles. The molecule has 1 unspecified atom stereocenters. The first-order valence-corrected chi connectivity index (χ1v) is 8.81. The number of rotatable bonds is 4. The Morgan fingerprint density at radius 1 is 1.33 bits per heavy atom. The van der Waals surface area contributed by atoms with E-state index in [0.717, 1.165) is 54.9 Å². The number of hydrogen-bond acceptors (Lipinski definition) is 2. The Balaban J connectivity index is 1.86. The number of aromatic amines is 1. The molecule has 1 saturated heterocycles. The van der Waals surface area contributed by atoms with Gasteiger partial charge in [-0.3, -0.25) is 4.79 Å². The van der Waals surface area contributed by atoms with Crippen LogP contribution in [0.4, 0.5) is 0 Å². The fraction of sp³-hybridized carbons (Fsp3) is 0.400. The average molecular weight is 323 g/mol. The maximum absolute atomic E-state index is 12.8. The van der Waals surface area contributed by atoms with Crippen LogP contribution in [-0.4, -0.2) is 27.3 Å². The molecule has 1 fully saturated rings. The predicted octanol–water partition coefficient (Wildman–Crippen LogP) is 4.49. The normalized spacial score (nSPS) is 18.7. The topological polar surface area (TPSA) is 49.0 Å². The quantitative estimate of drug-likeness (QED) is 0.843. The highest BCUT2D eigenvalue weighted by atomic mass is 16.2. The molecular weight excluding hydrogens is 298 g/mol. The maximum atomic E-state index is 12.8. The van der Waals surface area contributed by atoms with Gasteiger partial charge in [0, 0.05) is 12.1 Å². The third-order valence-electron chi connectivity index (χ3n) is 4.76. The van der Waals surface area contributed by atoms with Gasteiger partial charge in [-0.25, -0.2) is 4.98 Å². The summed E-state index contributed by atoms with van der Waals surface area (Å²) in [4.78, 5) is 22.9. The van der Waals surface area contributed by atoms with E-state index in [1.807, 2.05) is 49.2 Å². The number of nitrogens with one attached hydrogen (secondary N) is 1. The molecule has 1 aliphatic rings. The lowest BCUT2D eigenvalue weighted by atomic mass is 9.99. The van der Waals surface area contributed by atoms with E-state index in [1.165, 1.54) is 0 Å². The van der Waals surface area contributed by atoms with E-state index >= 15 is 0 Å². The van der Waals surface area contributed by atoms with Crippen LogP contribution in [0.2, 0.25) is 0 Å². The zero-order valence-corrected chi connectivity index (χ0v) is 14.5. The molecular formula is C20H25N3O. The van der Waals surface area contributed by atoms with Gasteiger partial charge in [0.25, 0.3) is 0 Å². The van der Waals surface area contributed by atoms with Crippen LogP contribution in [0.1, 0.15) is 51.4 Å². The van der Waals surface area contributed by atoms with Gasteiger partial charge in [0.2, 0.25) is 5.91 Å². The Morgan fingerprint density at radius 3 is 2.83 bits per heavy atom. The zero-order chi connectivity index (χ0) is 16.9. The van der Waals surface area contributed by atoms with Crippen molar-refractivity contribution in [3.05, 3.63) is 54.0 Å². The van der Waals surface area contributed by atoms with E-state index in [4.69, 9.17) is 0 Å². The van der Waals surface area contributed by atoms with Crippen LogP contribution in [-0.2, 0) is 4.79 Å². The number of carbonyl (C=O) groups is 1. The molecule has 1 amide bonds. The van der Waals surface area contributed by atoms with Crippen molar-refractivity contribution in [2.24, 2.45) is 0 Å². The molecule has 1 aliphatic heterocycles. The number of imidazole rings is 1. The van der Waals surface area contributed by atoms with E-state index in [9.17, 15) is 4.79 Å². The molecule has 0 bridgehead atoms. The van der Waals surface area contributed by atoms with E-state index < -0.39 is 0 Å². The first-order valence-electron chi connectivity index (χ1n) is 8.81. The molecule has 1 aromatic heterocycles. The summed E-state index contributed by atoms with van der Waals surface area (Å²) in [6, 6.07) is 10.2. The number of carbonyl (C=O) groups excluding carboxylic acids is 1. The van der Waals surface area contributed by atoms with Crippen molar-refractivity contribution in [1.29, 1.82) is 0 Å². The van der Waals surface area contributed by atoms with Crippen LogP contribution < -0.4 is 0 Å². The van der Waals surface area contributed by atoms with Crippen LogP contribution in [0.15, 0.2) is 48.2 Å². The lowest BCUT2D eigenvalue weighted by Gasteiger charge is -2.35. The monoisotopic (exact) mass is 323 g/mol. The molecule has 0 radical (unpaired) electrons. The molecule has 2 heterocycles. The lowest BCUT2D eigenvalue weighted by Crippen LogP contribution is -2.39. The van der Waals surface area contributed by atoms with Gasteiger partial charge in [0.05, 0.1) is 17.9 Å². The number of nitrogens with zero attached hydrogens (tertiary/aromatic N) is 2. The Labute approximate surface area is 143 Å². The highest BCUT2D eigenvalue weighted by molar-refractivity contribution is 5.93.